The van der Waals surface area contributed by atoms with Crippen LogP contribution in [-0.4, -0.2) is 28.7 Å². The predicted octanol–water partition coefficient (Wildman–Crippen LogP) is 5.02. The number of fused-ring (bicyclic) bond motifs is 1. The van der Waals surface area contributed by atoms with Crippen LogP contribution in [0, 0.1) is 10.1 Å². The Bertz CT molecular complexity index is 1880. The molecular weight excluding hydrogens is 570 g/mol. The van der Waals surface area contributed by atoms with E-state index in [1.165, 1.54) is 23.8 Å². The summed E-state index contributed by atoms with van der Waals surface area (Å²) >= 11 is 7.28. The van der Waals surface area contributed by atoms with Gasteiger partial charge < -0.3 is 13.9 Å². The first-order valence-electron chi connectivity index (χ1n) is 12.5. The molecule has 0 spiro atoms. The van der Waals surface area contributed by atoms with E-state index < -0.39 is 16.9 Å². The number of halogens is 1. The summed E-state index contributed by atoms with van der Waals surface area (Å²) in [5, 5.41) is 11.7. The summed E-state index contributed by atoms with van der Waals surface area (Å²) in [6.45, 7) is 5.22. The number of nitro groups is 1. The van der Waals surface area contributed by atoms with Gasteiger partial charge in [0.2, 0.25) is 0 Å². The van der Waals surface area contributed by atoms with Gasteiger partial charge in [0.15, 0.2) is 4.80 Å². The molecule has 4 aromatic rings. The van der Waals surface area contributed by atoms with Crippen molar-refractivity contribution in [2.24, 2.45) is 4.99 Å². The highest BCUT2D eigenvalue weighted by molar-refractivity contribution is 7.07. The summed E-state index contributed by atoms with van der Waals surface area (Å²) in [5.41, 5.74) is 1.45. The standard InChI is InChI=1S/C29H24ClN3O7S/c1-15(2)39-28(35)25-16(3)31-29-32(26(25)17-5-7-18(30)8-6-17)27(34)24(41-29)14-20-10-12-22(40-20)21-11-9-19(33(36)37)13-23(21)38-4/h5-15,26H,1-4H3/b24-14-. The van der Waals surface area contributed by atoms with Crippen LogP contribution in [0.1, 0.15) is 38.1 Å². The molecule has 1 unspecified atom stereocenters. The summed E-state index contributed by atoms with van der Waals surface area (Å²) in [6.07, 6.45) is 1.23. The Morgan fingerprint density at radius 2 is 1.93 bits per heavy atom. The fourth-order valence-electron chi connectivity index (χ4n) is 4.52. The zero-order valence-corrected chi connectivity index (χ0v) is 24.0. The monoisotopic (exact) mass is 593 g/mol. The Morgan fingerprint density at radius 1 is 1.20 bits per heavy atom. The lowest BCUT2D eigenvalue weighted by Crippen LogP contribution is -2.40. The SMILES string of the molecule is COc1cc([N+](=O)[O-])ccc1-c1ccc(/C=c2\sc3n(c2=O)C(c2ccc(Cl)cc2)C(C(=O)OC(C)C)=C(C)N=3)o1. The van der Waals surface area contributed by atoms with E-state index in [9.17, 15) is 19.7 Å². The molecule has 0 saturated carbocycles. The lowest BCUT2D eigenvalue weighted by molar-refractivity contribution is -0.384. The molecule has 5 rings (SSSR count). The van der Waals surface area contributed by atoms with E-state index in [2.05, 4.69) is 4.99 Å². The van der Waals surface area contributed by atoms with Crippen molar-refractivity contribution in [1.82, 2.24) is 4.57 Å². The van der Waals surface area contributed by atoms with Gasteiger partial charge in [-0.25, -0.2) is 9.79 Å². The number of rotatable bonds is 7. The Morgan fingerprint density at radius 3 is 2.59 bits per heavy atom. The highest BCUT2D eigenvalue weighted by atomic mass is 35.5. The normalized spacial score (nSPS) is 15.1. The molecule has 0 bridgehead atoms. The maximum absolute atomic E-state index is 13.8. The minimum Gasteiger partial charge on any atom is -0.496 e. The number of esters is 1. The number of carbonyl (C=O) groups excluding carboxylic acids is 1. The number of methoxy groups -OCH3 is 1. The summed E-state index contributed by atoms with van der Waals surface area (Å²) in [6, 6.07) is 13.7. The number of benzene rings is 2. The molecule has 2 aromatic carbocycles. The van der Waals surface area contributed by atoms with Crippen molar-refractivity contribution in [2.75, 3.05) is 7.11 Å². The maximum atomic E-state index is 13.8. The number of nitro benzene ring substituents is 1. The summed E-state index contributed by atoms with van der Waals surface area (Å²) < 4.78 is 18.6. The van der Waals surface area contributed by atoms with Crippen molar-refractivity contribution >= 4 is 40.7 Å². The van der Waals surface area contributed by atoms with Gasteiger partial charge in [-0.2, -0.15) is 0 Å². The van der Waals surface area contributed by atoms with Gasteiger partial charge in [-0.15, -0.1) is 0 Å². The van der Waals surface area contributed by atoms with Crippen LogP contribution in [0.4, 0.5) is 5.69 Å². The van der Waals surface area contributed by atoms with Crippen LogP contribution in [-0.2, 0) is 9.53 Å². The second-order valence-electron chi connectivity index (χ2n) is 9.43. The number of furan rings is 1. The van der Waals surface area contributed by atoms with Crippen LogP contribution < -0.4 is 19.6 Å². The zero-order chi connectivity index (χ0) is 29.4. The molecule has 0 fully saturated rings. The molecule has 0 radical (unpaired) electrons. The number of nitrogens with zero attached hydrogens (tertiary/aromatic N) is 3. The fraction of sp³-hybridized carbons (Fsp3) is 0.207. The van der Waals surface area contributed by atoms with Crippen LogP contribution in [0.5, 0.6) is 5.75 Å². The number of aromatic nitrogens is 1. The van der Waals surface area contributed by atoms with Gasteiger partial charge in [-0.1, -0.05) is 35.1 Å². The van der Waals surface area contributed by atoms with E-state index in [4.69, 9.17) is 25.5 Å². The molecule has 0 aliphatic carbocycles. The Balaban J connectivity index is 1.61. The van der Waals surface area contributed by atoms with Crippen LogP contribution >= 0.6 is 22.9 Å². The third kappa shape index (κ3) is 5.46. The van der Waals surface area contributed by atoms with Crippen molar-refractivity contribution in [3.05, 3.63) is 112 Å². The second kappa shape index (κ2) is 11.2. The second-order valence-corrected chi connectivity index (χ2v) is 10.9. The molecule has 1 atom stereocenters. The van der Waals surface area contributed by atoms with Gasteiger partial charge in [-0.3, -0.25) is 19.5 Å². The molecule has 0 N–H and O–H groups in total. The van der Waals surface area contributed by atoms with E-state index in [1.54, 1.807) is 69.3 Å². The van der Waals surface area contributed by atoms with E-state index in [1.807, 2.05) is 0 Å². The van der Waals surface area contributed by atoms with Gasteiger partial charge in [0.05, 0.1) is 51.6 Å². The predicted molar refractivity (Wildman–Crippen MR) is 154 cm³/mol. The fourth-order valence-corrected chi connectivity index (χ4v) is 5.67. The van der Waals surface area contributed by atoms with Gasteiger partial charge >= 0.3 is 5.97 Å². The van der Waals surface area contributed by atoms with Crippen LogP contribution in [0.2, 0.25) is 5.02 Å². The van der Waals surface area contributed by atoms with Crippen LogP contribution in [0.3, 0.4) is 0 Å². The first-order valence-corrected chi connectivity index (χ1v) is 13.7. The Kier molecular flexibility index (Phi) is 7.65. The summed E-state index contributed by atoms with van der Waals surface area (Å²) in [7, 11) is 1.41. The largest absolute Gasteiger partial charge is 0.496 e. The number of hydrogen-bond donors (Lipinski definition) is 0. The van der Waals surface area contributed by atoms with E-state index in [0.29, 0.717) is 42.7 Å². The van der Waals surface area contributed by atoms with E-state index in [-0.39, 0.29) is 28.7 Å². The number of allylic oxidation sites excluding steroid dienone is 1. The highest BCUT2D eigenvalue weighted by Crippen LogP contribution is 2.35. The summed E-state index contributed by atoms with van der Waals surface area (Å²) in [5.74, 6) is 0.509. The van der Waals surface area contributed by atoms with Crippen LogP contribution in [0.25, 0.3) is 17.4 Å². The van der Waals surface area contributed by atoms with Crippen molar-refractivity contribution < 1.29 is 23.6 Å². The van der Waals surface area contributed by atoms with Gasteiger partial charge in [0.1, 0.15) is 17.3 Å². The third-order valence-electron chi connectivity index (χ3n) is 6.33. The Hall–Kier alpha value is -4.48. The molecule has 0 saturated heterocycles. The average Bonchev–Trinajstić information content (AvgIpc) is 3.51. The number of hydrogen-bond acceptors (Lipinski definition) is 9. The van der Waals surface area contributed by atoms with E-state index in [0.717, 1.165) is 11.3 Å². The Labute approximate surface area is 242 Å². The minimum atomic E-state index is -0.770. The third-order valence-corrected chi connectivity index (χ3v) is 7.57. The lowest BCUT2D eigenvalue weighted by atomic mass is 9.96. The molecule has 0 amide bonds. The topological polar surface area (TPSA) is 126 Å². The van der Waals surface area contributed by atoms with Crippen molar-refractivity contribution in [3.63, 3.8) is 0 Å². The number of carbonyl (C=O) groups is 1. The molecule has 41 heavy (non-hydrogen) atoms. The molecule has 2 aromatic heterocycles. The summed E-state index contributed by atoms with van der Waals surface area (Å²) in [4.78, 5) is 42.6. The molecule has 1 aliphatic heterocycles. The number of ether oxygens (including phenoxy) is 2. The van der Waals surface area contributed by atoms with Crippen molar-refractivity contribution in [3.8, 4) is 17.1 Å². The van der Waals surface area contributed by atoms with Gasteiger partial charge in [-0.05, 0) is 56.7 Å². The number of thiazole rings is 1. The van der Waals surface area contributed by atoms with Crippen molar-refractivity contribution in [2.45, 2.75) is 32.9 Å². The smallest absolute Gasteiger partial charge is 0.338 e. The first kappa shape index (κ1) is 28.1. The molecular formula is C29H24ClN3O7S. The lowest BCUT2D eigenvalue weighted by Gasteiger charge is -2.25. The van der Waals surface area contributed by atoms with Crippen LogP contribution in [0.15, 0.2) is 80.1 Å². The molecule has 12 heteroatoms. The minimum absolute atomic E-state index is 0.110. The maximum Gasteiger partial charge on any atom is 0.338 e. The van der Waals surface area contributed by atoms with Gasteiger partial charge in [0, 0.05) is 17.2 Å². The molecule has 3 heterocycles. The molecule has 10 nitrogen and oxygen atoms in total. The number of non-ortho nitro benzene ring substituents is 1. The van der Waals surface area contributed by atoms with Crippen molar-refractivity contribution in [1.29, 1.82) is 0 Å². The van der Waals surface area contributed by atoms with Gasteiger partial charge in [0.25, 0.3) is 11.2 Å². The first-order chi connectivity index (χ1) is 19.6. The zero-order valence-electron chi connectivity index (χ0n) is 22.4. The molecule has 1 aliphatic rings. The molecule has 210 valence electrons. The highest BCUT2D eigenvalue weighted by Gasteiger charge is 2.33. The average molecular weight is 594 g/mol. The van der Waals surface area contributed by atoms with E-state index >= 15 is 0 Å². The quantitative estimate of drug-likeness (QED) is 0.167.